The van der Waals surface area contributed by atoms with Crippen molar-refractivity contribution in [2.45, 2.75) is 45.1 Å². The fourth-order valence-corrected chi connectivity index (χ4v) is 2.08. The number of carboxylic acids is 1. The average Bonchev–Trinajstić information content (AvgIpc) is 2.15. The molecule has 5 nitrogen and oxygen atoms in total. The van der Waals surface area contributed by atoms with Crippen LogP contribution in [0.4, 0.5) is 0 Å². The summed E-state index contributed by atoms with van der Waals surface area (Å²) in [7, 11) is 0. The van der Waals surface area contributed by atoms with Gasteiger partial charge in [0.2, 0.25) is 5.91 Å². The summed E-state index contributed by atoms with van der Waals surface area (Å²) in [6.45, 7) is 4.85. The van der Waals surface area contributed by atoms with Crippen LogP contribution < -0.4 is 5.32 Å². The number of rotatable bonds is 5. The van der Waals surface area contributed by atoms with Crippen LogP contribution in [0.25, 0.3) is 0 Å². The first-order valence-corrected chi connectivity index (χ1v) is 5.99. The highest BCUT2D eigenvalue weighted by Gasteiger charge is 2.25. The highest BCUT2D eigenvalue weighted by molar-refractivity contribution is 5.78. The molecular formula is C12H21NO4. The van der Waals surface area contributed by atoms with Crippen molar-refractivity contribution in [3.8, 4) is 0 Å². The van der Waals surface area contributed by atoms with Gasteiger partial charge in [0.05, 0.1) is 6.42 Å². The number of nitrogens with one attached hydrogen (secondary N) is 1. The largest absolute Gasteiger partial charge is 0.481 e. The molecule has 0 saturated carbocycles. The summed E-state index contributed by atoms with van der Waals surface area (Å²) < 4.78 is 5.30. The van der Waals surface area contributed by atoms with Gasteiger partial charge in [-0.1, -0.05) is 0 Å². The van der Waals surface area contributed by atoms with Gasteiger partial charge in [-0.3, -0.25) is 9.59 Å². The summed E-state index contributed by atoms with van der Waals surface area (Å²) in [5.41, 5.74) is -0.696. The van der Waals surface area contributed by atoms with Gasteiger partial charge in [-0.2, -0.15) is 0 Å². The van der Waals surface area contributed by atoms with E-state index in [1.54, 1.807) is 13.8 Å². The molecule has 17 heavy (non-hydrogen) atoms. The summed E-state index contributed by atoms with van der Waals surface area (Å²) in [6, 6.07) is 0. The van der Waals surface area contributed by atoms with Crippen molar-refractivity contribution in [2.24, 2.45) is 5.92 Å². The maximum atomic E-state index is 11.7. The molecule has 1 saturated heterocycles. The molecule has 98 valence electrons. The Bertz CT molecular complexity index is 282. The van der Waals surface area contributed by atoms with E-state index >= 15 is 0 Å². The molecule has 1 fully saturated rings. The van der Waals surface area contributed by atoms with E-state index in [0.717, 1.165) is 19.4 Å². The van der Waals surface area contributed by atoms with Crippen molar-refractivity contribution in [1.29, 1.82) is 0 Å². The first-order valence-electron chi connectivity index (χ1n) is 5.99. The second kappa shape index (κ2) is 6.00. The molecule has 1 atom stereocenters. The molecule has 2 N–H and O–H groups in total. The Morgan fingerprint density at radius 1 is 1.47 bits per heavy atom. The van der Waals surface area contributed by atoms with Crippen LogP contribution in [-0.2, 0) is 14.3 Å². The lowest BCUT2D eigenvalue weighted by atomic mass is 9.96. The Hall–Kier alpha value is -1.10. The Morgan fingerprint density at radius 3 is 2.71 bits per heavy atom. The standard InChI is InChI=1S/C12H21NO4/c1-12(2,7-11(15)16)13-10(14)6-9-4-3-5-17-8-9/h9H,3-8H2,1-2H3,(H,13,14)(H,15,16). The fourth-order valence-electron chi connectivity index (χ4n) is 2.08. The quantitative estimate of drug-likeness (QED) is 0.760. The molecule has 1 aliphatic rings. The number of aliphatic carboxylic acids is 1. The third kappa shape index (κ3) is 5.68. The molecule has 0 aliphatic carbocycles. The summed E-state index contributed by atoms with van der Waals surface area (Å²) >= 11 is 0. The van der Waals surface area contributed by atoms with Gasteiger partial charge in [0.25, 0.3) is 0 Å². The second-order valence-electron chi connectivity index (χ2n) is 5.29. The molecule has 1 rings (SSSR count). The molecule has 1 unspecified atom stereocenters. The monoisotopic (exact) mass is 243 g/mol. The summed E-state index contributed by atoms with van der Waals surface area (Å²) in [5, 5.41) is 11.5. The number of carbonyl (C=O) groups is 2. The second-order valence-corrected chi connectivity index (χ2v) is 5.29. The van der Waals surface area contributed by atoms with Gasteiger partial charge >= 0.3 is 5.97 Å². The molecular weight excluding hydrogens is 222 g/mol. The summed E-state index contributed by atoms with van der Waals surface area (Å²) in [5.74, 6) is -0.729. The molecule has 0 aromatic rings. The minimum atomic E-state index is -0.906. The van der Waals surface area contributed by atoms with Crippen molar-refractivity contribution >= 4 is 11.9 Å². The Labute approximate surface area is 102 Å². The maximum absolute atomic E-state index is 11.7. The van der Waals surface area contributed by atoms with E-state index in [4.69, 9.17) is 9.84 Å². The van der Waals surface area contributed by atoms with Crippen LogP contribution >= 0.6 is 0 Å². The van der Waals surface area contributed by atoms with Gasteiger partial charge < -0.3 is 15.2 Å². The lowest BCUT2D eigenvalue weighted by molar-refractivity contribution is -0.138. The summed E-state index contributed by atoms with van der Waals surface area (Å²) in [6.07, 6.45) is 2.35. The highest BCUT2D eigenvalue weighted by Crippen LogP contribution is 2.18. The van der Waals surface area contributed by atoms with Crippen LogP contribution in [0, 0.1) is 5.92 Å². The zero-order valence-corrected chi connectivity index (χ0v) is 10.5. The van der Waals surface area contributed by atoms with E-state index in [1.807, 2.05) is 0 Å². The molecule has 1 aliphatic heterocycles. The van der Waals surface area contributed by atoms with Crippen molar-refractivity contribution in [3.63, 3.8) is 0 Å². The van der Waals surface area contributed by atoms with Crippen LogP contribution in [0.5, 0.6) is 0 Å². The van der Waals surface area contributed by atoms with Crippen LogP contribution in [0.3, 0.4) is 0 Å². The van der Waals surface area contributed by atoms with Crippen molar-refractivity contribution in [1.82, 2.24) is 5.32 Å². The number of amides is 1. The lowest BCUT2D eigenvalue weighted by Crippen LogP contribution is -2.45. The first kappa shape index (κ1) is 14.0. The third-order valence-electron chi connectivity index (χ3n) is 2.80. The lowest BCUT2D eigenvalue weighted by Gasteiger charge is -2.27. The number of carbonyl (C=O) groups excluding carboxylic acids is 1. The van der Waals surface area contributed by atoms with Gasteiger partial charge in [-0.05, 0) is 32.6 Å². The zero-order valence-electron chi connectivity index (χ0n) is 10.5. The molecule has 0 bridgehead atoms. The van der Waals surface area contributed by atoms with Gasteiger partial charge in [-0.15, -0.1) is 0 Å². The SMILES string of the molecule is CC(C)(CC(=O)O)NC(=O)CC1CCCOC1. The number of hydrogen-bond donors (Lipinski definition) is 2. The predicted octanol–water partition coefficient (Wildman–Crippen LogP) is 1.17. The fraction of sp³-hybridized carbons (Fsp3) is 0.833. The van der Waals surface area contributed by atoms with Crippen molar-refractivity contribution in [2.75, 3.05) is 13.2 Å². The molecule has 0 aromatic carbocycles. The Balaban J connectivity index is 2.34. The van der Waals surface area contributed by atoms with Gasteiger partial charge in [-0.25, -0.2) is 0 Å². The molecule has 1 amide bonds. The van der Waals surface area contributed by atoms with Gasteiger partial charge in [0.15, 0.2) is 0 Å². The third-order valence-corrected chi connectivity index (χ3v) is 2.80. The molecule has 0 aromatic heterocycles. The minimum absolute atomic E-state index is 0.0695. The Kier molecular flexibility index (Phi) is 4.93. The minimum Gasteiger partial charge on any atom is -0.481 e. The smallest absolute Gasteiger partial charge is 0.305 e. The van der Waals surface area contributed by atoms with Crippen LogP contribution in [0.1, 0.15) is 39.5 Å². The zero-order chi connectivity index (χ0) is 12.9. The molecule has 0 radical (unpaired) electrons. The highest BCUT2D eigenvalue weighted by atomic mass is 16.5. The average molecular weight is 243 g/mol. The topological polar surface area (TPSA) is 75.6 Å². The maximum Gasteiger partial charge on any atom is 0.305 e. The van der Waals surface area contributed by atoms with Crippen molar-refractivity contribution < 1.29 is 19.4 Å². The van der Waals surface area contributed by atoms with E-state index in [9.17, 15) is 9.59 Å². The van der Waals surface area contributed by atoms with Crippen LogP contribution in [0.15, 0.2) is 0 Å². The number of hydrogen-bond acceptors (Lipinski definition) is 3. The van der Waals surface area contributed by atoms with Crippen LogP contribution in [-0.4, -0.2) is 35.7 Å². The summed E-state index contributed by atoms with van der Waals surface area (Å²) in [4.78, 5) is 22.4. The normalized spacial score (nSPS) is 20.9. The predicted molar refractivity (Wildman–Crippen MR) is 62.6 cm³/mol. The molecule has 0 spiro atoms. The number of carboxylic acid groups (broad SMARTS) is 1. The number of ether oxygens (including phenoxy) is 1. The molecule has 1 heterocycles. The van der Waals surface area contributed by atoms with E-state index < -0.39 is 11.5 Å². The van der Waals surface area contributed by atoms with E-state index in [2.05, 4.69) is 5.32 Å². The van der Waals surface area contributed by atoms with Crippen LogP contribution in [0.2, 0.25) is 0 Å². The Morgan fingerprint density at radius 2 is 2.18 bits per heavy atom. The van der Waals surface area contributed by atoms with Gasteiger partial charge in [0.1, 0.15) is 0 Å². The van der Waals surface area contributed by atoms with Gasteiger partial charge in [0, 0.05) is 25.2 Å². The first-order chi connectivity index (χ1) is 7.89. The van der Waals surface area contributed by atoms with E-state index in [0.29, 0.717) is 13.0 Å². The van der Waals surface area contributed by atoms with E-state index in [1.165, 1.54) is 0 Å². The molecule has 5 heteroatoms. The van der Waals surface area contributed by atoms with Crippen molar-refractivity contribution in [3.05, 3.63) is 0 Å². The van der Waals surface area contributed by atoms with E-state index in [-0.39, 0.29) is 18.2 Å².